The number of hydrogen-bond acceptors (Lipinski definition) is 3. The van der Waals surface area contributed by atoms with E-state index in [1.807, 2.05) is 6.92 Å². The fourth-order valence-corrected chi connectivity index (χ4v) is 4.06. The van der Waals surface area contributed by atoms with Crippen molar-refractivity contribution in [3.8, 4) is 0 Å². The van der Waals surface area contributed by atoms with Gasteiger partial charge in [-0.15, -0.1) is 0 Å². The fourth-order valence-electron chi connectivity index (χ4n) is 2.43. The van der Waals surface area contributed by atoms with Crippen molar-refractivity contribution in [3.05, 3.63) is 89.5 Å². The van der Waals surface area contributed by atoms with Crippen molar-refractivity contribution in [2.75, 3.05) is 0 Å². The third-order valence-corrected chi connectivity index (χ3v) is 6.40. The van der Waals surface area contributed by atoms with Crippen molar-refractivity contribution in [2.24, 2.45) is 0 Å². The molecule has 3 nitrogen and oxygen atoms in total. The van der Waals surface area contributed by atoms with E-state index in [1.165, 1.54) is 36.4 Å². The number of halogens is 6. The molecule has 0 bridgehead atoms. The van der Waals surface area contributed by atoms with Crippen LogP contribution in [0.25, 0.3) is 0 Å². The first kappa shape index (κ1) is 25.8. The fraction of sp³-hybridized carbons (Fsp3) is 0.143. The average Bonchev–Trinajstić information content (AvgIpc) is 2.67. The summed E-state index contributed by atoms with van der Waals surface area (Å²) in [6, 6.07) is 15.1. The molecule has 0 heterocycles. The zero-order chi connectivity index (χ0) is 24.2. The van der Waals surface area contributed by atoms with Crippen molar-refractivity contribution in [2.45, 2.75) is 24.2 Å². The van der Waals surface area contributed by atoms with Crippen LogP contribution in [0.5, 0.6) is 0 Å². The van der Waals surface area contributed by atoms with Crippen LogP contribution in [0.2, 0.25) is 0 Å². The highest BCUT2D eigenvalue weighted by molar-refractivity contribution is 7.85. The Balaban J connectivity index is 0.000000278. The summed E-state index contributed by atoms with van der Waals surface area (Å²) in [6.45, 7) is 1.82. The highest BCUT2D eigenvalue weighted by Crippen LogP contribution is 2.30. The van der Waals surface area contributed by atoms with E-state index in [-0.39, 0.29) is 4.90 Å². The van der Waals surface area contributed by atoms with Crippen LogP contribution in [-0.2, 0) is 22.5 Å². The Kier molecular flexibility index (Phi) is 8.09. The maximum absolute atomic E-state index is 12.4. The van der Waals surface area contributed by atoms with Crippen LogP contribution in [-0.4, -0.2) is 13.0 Å². The molecule has 0 unspecified atom stereocenters. The molecule has 0 aliphatic carbocycles. The molecule has 3 aromatic rings. The first-order chi connectivity index (χ1) is 14.7. The molecule has 32 heavy (non-hydrogen) atoms. The summed E-state index contributed by atoms with van der Waals surface area (Å²) in [5.41, 5.74) is -0.548. The predicted molar refractivity (Wildman–Crippen MR) is 111 cm³/mol. The molecule has 0 aliphatic heterocycles. The van der Waals surface area contributed by atoms with Crippen molar-refractivity contribution >= 4 is 29.3 Å². The maximum Gasteiger partial charge on any atom is 0.416 e. The third-order valence-electron chi connectivity index (χ3n) is 4.12. The Labute approximate surface area is 182 Å². The van der Waals surface area contributed by atoms with Gasteiger partial charge in [0, 0.05) is 0 Å². The van der Waals surface area contributed by atoms with E-state index >= 15 is 0 Å². The Morgan fingerprint density at radius 2 is 1.00 bits per heavy atom. The van der Waals surface area contributed by atoms with Crippen LogP contribution in [0, 0.1) is 6.92 Å². The van der Waals surface area contributed by atoms with E-state index in [9.17, 15) is 39.3 Å². The van der Waals surface area contributed by atoms with Gasteiger partial charge in [-0.3, -0.25) is 0 Å². The molecule has 0 saturated heterocycles. The summed E-state index contributed by atoms with van der Waals surface area (Å²) in [5.74, 6) is 0. The van der Waals surface area contributed by atoms with Crippen molar-refractivity contribution in [1.82, 2.24) is 0 Å². The highest BCUT2D eigenvalue weighted by Gasteiger charge is 2.31. The van der Waals surface area contributed by atoms with E-state index in [2.05, 4.69) is 0 Å². The van der Waals surface area contributed by atoms with Crippen LogP contribution in [0.3, 0.4) is 0 Å². The molecular formula is C21H17F6O3PS. The summed E-state index contributed by atoms with van der Waals surface area (Å²) in [6.07, 6.45) is -8.77. The van der Waals surface area contributed by atoms with Gasteiger partial charge in [-0.2, -0.15) is 26.3 Å². The maximum atomic E-state index is 12.4. The van der Waals surface area contributed by atoms with Crippen molar-refractivity contribution in [1.29, 1.82) is 0 Å². The van der Waals surface area contributed by atoms with Gasteiger partial charge < -0.3 is 4.55 Å². The third kappa shape index (κ3) is 7.93. The first-order valence-electron chi connectivity index (χ1n) is 8.88. The molecule has 11 heteroatoms. The lowest BCUT2D eigenvalue weighted by atomic mass is 10.2. The Morgan fingerprint density at radius 1 is 0.656 bits per heavy atom. The Hall–Kier alpha value is -2.42. The molecule has 0 amide bonds. The van der Waals surface area contributed by atoms with Crippen molar-refractivity contribution in [3.63, 3.8) is 0 Å². The monoisotopic (exact) mass is 494 g/mol. The second-order valence-corrected chi connectivity index (χ2v) is 9.65. The van der Waals surface area contributed by atoms with Gasteiger partial charge in [-0.25, -0.2) is 8.42 Å². The molecule has 0 aliphatic rings. The highest BCUT2D eigenvalue weighted by atomic mass is 32.2. The molecule has 0 spiro atoms. The van der Waals surface area contributed by atoms with Crippen LogP contribution >= 0.6 is 8.58 Å². The molecular weight excluding hydrogens is 477 g/mol. The number of alkyl halides is 6. The smallest absolute Gasteiger partial charge is 0.416 e. The lowest BCUT2D eigenvalue weighted by molar-refractivity contribution is -0.138. The summed E-state index contributed by atoms with van der Waals surface area (Å²) in [7, 11) is -4.81. The SMILES string of the molecule is Cc1ccc(S(=O)(=O)[O-])cc1.FC(F)(F)c1ccc([PH2+]c2ccc(C(F)(F)F)cc2)cc1. The molecule has 0 aromatic heterocycles. The molecule has 3 rings (SSSR count). The molecule has 0 fully saturated rings. The van der Waals surface area contributed by atoms with E-state index in [1.54, 1.807) is 12.1 Å². The molecule has 3 aromatic carbocycles. The Morgan fingerprint density at radius 3 is 1.28 bits per heavy atom. The minimum Gasteiger partial charge on any atom is -0.744 e. The van der Waals surface area contributed by atoms with Gasteiger partial charge in [0.1, 0.15) is 10.1 Å². The molecule has 172 valence electrons. The number of hydrogen-bond donors (Lipinski definition) is 0. The normalized spacial score (nSPS) is 12.1. The van der Waals surface area contributed by atoms with E-state index < -0.39 is 42.2 Å². The molecule has 0 radical (unpaired) electrons. The topological polar surface area (TPSA) is 57.2 Å². The Bertz CT molecular complexity index is 1070. The van der Waals surface area contributed by atoms with E-state index in [0.29, 0.717) is 10.6 Å². The van der Waals surface area contributed by atoms with E-state index in [0.717, 1.165) is 29.8 Å². The molecule has 0 saturated carbocycles. The zero-order valence-electron chi connectivity index (χ0n) is 16.4. The number of benzene rings is 3. The van der Waals surface area contributed by atoms with Crippen LogP contribution < -0.4 is 10.6 Å². The van der Waals surface area contributed by atoms with Crippen molar-refractivity contribution < 1.29 is 39.3 Å². The molecule has 0 atom stereocenters. The largest absolute Gasteiger partial charge is 0.744 e. The second-order valence-electron chi connectivity index (χ2n) is 6.65. The minimum absolute atomic E-state index is 0.178. The minimum atomic E-state index is -4.39. The standard InChI is InChI=1S/C14H9F6P.C7H8O3S/c15-13(16,17)9-1-5-11(6-2-9)21-12-7-3-10(4-8-12)14(18,19)20;1-6-2-4-7(5-3-6)11(8,9)10/h1-8,21H;2-5H,1H3,(H,8,9,10). The quantitative estimate of drug-likeness (QED) is 0.293. The lowest BCUT2D eigenvalue weighted by Crippen LogP contribution is -2.09. The lowest BCUT2D eigenvalue weighted by Gasteiger charge is -2.06. The number of aryl methyl sites for hydroxylation is 1. The van der Waals surface area contributed by atoms with E-state index in [4.69, 9.17) is 0 Å². The van der Waals surface area contributed by atoms with Gasteiger partial charge >= 0.3 is 12.4 Å². The van der Waals surface area contributed by atoms with Gasteiger partial charge in [0.25, 0.3) is 0 Å². The summed E-state index contributed by atoms with van der Waals surface area (Å²) < 4.78 is 106. The summed E-state index contributed by atoms with van der Waals surface area (Å²) >= 11 is 0. The van der Waals surface area contributed by atoms with Crippen LogP contribution in [0.15, 0.2) is 77.7 Å². The average molecular weight is 494 g/mol. The predicted octanol–water partition coefficient (Wildman–Crippen LogP) is 4.98. The van der Waals surface area contributed by atoms with Crippen LogP contribution in [0.4, 0.5) is 26.3 Å². The number of rotatable bonds is 3. The van der Waals surface area contributed by atoms with Crippen LogP contribution in [0.1, 0.15) is 16.7 Å². The van der Waals surface area contributed by atoms with Gasteiger partial charge in [-0.1, -0.05) is 17.7 Å². The summed E-state index contributed by atoms with van der Waals surface area (Å²) in [5, 5.41) is 1.37. The van der Waals surface area contributed by atoms with Gasteiger partial charge in [-0.05, 0) is 67.6 Å². The summed E-state index contributed by atoms with van der Waals surface area (Å²) in [4.78, 5) is -0.178. The molecule has 0 N–H and O–H groups in total. The first-order valence-corrected chi connectivity index (χ1v) is 11.4. The van der Waals surface area contributed by atoms with Gasteiger partial charge in [0.05, 0.1) is 35.2 Å². The zero-order valence-corrected chi connectivity index (χ0v) is 18.4. The second kappa shape index (κ2) is 10.0. The van der Waals surface area contributed by atoms with Gasteiger partial charge in [0.2, 0.25) is 0 Å². The van der Waals surface area contributed by atoms with Gasteiger partial charge in [0.15, 0.2) is 0 Å².